The highest BCUT2D eigenvalue weighted by atomic mass is 13.9. The first-order valence-corrected chi connectivity index (χ1v) is 7.78. The Kier molecular flexibility index (Phi) is 15.5. The molecule has 0 rings (SSSR count). The third-order valence-electron chi connectivity index (χ3n) is 3.22. The number of unbranched alkanes of at least 4 members (excludes halogenated alkanes) is 10. The van der Waals surface area contributed by atoms with E-state index in [-0.39, 0.29) is 0 Å². The Morgan fingerprint density at radius 3 is 1.11 bits per heavy atom. The van der Waals surface area contributed by atoms with E-state index in [2.05, 4.69) is 25.3 Å². The van der Waals surface area contributed by atoms with E-state index < -0.39 is 0 Å². The van der Waals surface area contributed by atoms with Crippen molar-refractivity contribution in [1.82, 2.24) is 0 Å². The van der Waals surface area contributed by atoms with Gasteiger partial charge in [-0.15, -0.1) is 13.2 Å². The Bertz CT molecular complexity index is 178. The lowest BCUT2D eigenvalue weighted by Crippen LogP contribution is -1.78. The monoisotopic (exact) mass is 248 g/mol. The number of hydrogen-bond donors (Lipinski definition) is 0. The van der Waals surface area contributed by atoms with Crippen molar-refractivity contribution >= 4 is 0 Å². The van der Waals surface area contributed by atoms with Crippen LogP contribution in [0.3, 0.4) is 0 Å². The van der Waals surface area contributed by atoms with Gasteiger partial charge in [-0.2, -0.15) is 0 Å². The van der Waals surface area contributed by atoms with E-state index in [0.717, 1.165) is 0 Å². The van der Waals surface area contributed by atoms with Crippen LogP contribution in [0.2, 0.25) is 0 Å². The molecule has 0 heterocycles. The largest absolute Gasteiger partial charge is 0.103 e. The van der Waals surface area contributed by atoms with Gasteiger partial charge < -0.3 is 0 Å². The molecule has 0 saturated heterocycles. The molecule has 104 valence electrons. The molecule has 0 atom stereocenters. The molecule has 0 aromatic carbocycles. The first-order valence-electron chi connectivity index (χ1n) is 7.78. The predicted octanol–water partition coefficient (Wildman–Crippen LogP) is 6.60. The Hall–Kier alpha value is -0.780. The molecule has 0 fully saturated rings. The maximum absolute atomic E-state index is 3.74. The second kappa shape index (κ2) is 16.2. The van der Waals surface area contributed by atoms with Crippen LogP contribution in [0.5, 0.6) is 0 Å². The molecule has 0 radical (unpaired) electrons. The Morgan fingerprint density at radius 2 is 0.778 bits per heavy atom. The molecule has 0 aromatic rings. The molecule has 0 amide bonds. The second-order valence-electron chi connectivity index (χ2n) is 5.03. The van der Waals surface area contributed by atoms with E-state index in [4.69, 9.17) is 0 Å². The van der Waals surface area contributed by atoms with Gasteiger partial charge in [0.05, 0.1) is 0 Å². The molecule has 0 aliphatic heterocycles. The van der Waals surface area contributed by atoms with Gasteiger partial charge in [-0.3, -0.25) is 0 Å². The molecular weight excluding hydrogens is 216 g/mol. The maximum Gasteiger partial charge on any atom is -0.0351 e. The molecular formula is C18H32. The van der Waals surface area contributed by atoms with Crippen molar-refractivity contribution in [3.63, 3.8) is 0 Å². The van der Waals surface area contributed by atoms with Crippen LogP contribution < -0.4 is 0 Å². The molecule has 0 N–H and O–H groups in total. The normalized spacial score (nSPS) is 10.9. The molecule has 0 aromatic heterocycles. The van der Waals surface area contributed by atoms with Gasteiger partial charge in [-0.1, -0.05) is 50.0 Å². The Balaban J connectivity index is 3.04. The van der Waals surface area contributed by atoms with Gasteiger partial charge in [0.1, 0.15) is 0 Å². The summed E-state index contributed by atoms with van der Waals surface area (Å²) in [5, 5.41) is 0. The molecule has 18 heavy (non-hydrogen) atoms. The van der Waals surface area contributed by atoms with Gasteiger partial charge in [-0.05, 0) is 51.4 Å². The minimum Gasteiger partial charge on any atom is -0.103 e. The predicted molar refractivity (Wildman–Crippen MR) is 84.9 cm³/mol. The summed E-state index contributed by atoms with van der Waals surface area (Å²) in [4.78, 5) is 0. The summed E-state index contributed by atoms with van der Waals surface area (Å²) in [7, 11) is 0. The van der Waals surface area contributed by atoms with Gasteiger partial charge in [0.25, 0.3) is 0 Å². The molecule has 0 nitrogen and oxygen atoms in total. The highest BCUT2D eigenvalue weighted by Crippen LogP contribution is 2.08. The topological polar surface area (TPSA) is 0 Å². The standard InChI is InChI=1S/C18H32/c1-3-5-7-9-11-13-15-17-18-16-14-12-10-8-6-4-2/h3-4,17-18H,1-2,5-16H2/b18-17-. The van der Waals surface area contributed by atoms with Gasteiger partial charge in [0, 0.05) is 0 Å². The summed E-state index contributed by atoms with van der Waals surface area (Å²) in [6, 6.07) is 0. The fourth-order valence-electron chi connectivity index (χ4n) is 2.04. The van der Waals surface area contributed by atoms with Crippen LogP contribution in [0.25, 0.3) is 0 Å². The number of rotatable bonds is 14. The summed E-state index contributed by atoms with van der Waals surface area (Å²) in [5.41, 5.74) is 0. The van der Waals surface area contributed by atoms with Crippen molar-refractivity contribution in [2.75, 3.05) is 0 Å². The van der Waals surface area contributed by atoms with Crippen molar-refractivity contribution < 1.29 is 0 Å². The number of hydrogen-bond acceptors (Lipinski definition) is 0. The van der Waals surface area contributed by atoms with E-state index in [0.29, 0.717) is 0 Å². The highest BCUT2D eigenvalue weighted by molar-refractivity contribution is 4.81. The minimum atomic E-state index is 1.18. The molecule has 0 spiro atoms. The van der Waals surface area contributed by atoms with Crippen LogP contribution in [0, 0.1) is 0 Å². The van der Waals surface area contributed by atoms with E-state index in [1.165, 1.54) is 77.0 Å². The van der Waals surface area contributed by atoms with Crippen LogP contribution >= 0.6 is 0 Å². The zero-order chi connectivity index (χ0) is 13.3. The molecule has 0 aliphatic carbocycles. The Morgan fingerprint density at radius 1 is 0.444 bits per heavy atom. The minimum absolute atomic E-state index is 1.18. The first-order chi connectivity index (χ1) is 8.91. The lowest BCUT2D eigenvalue weighted by molar-refractivity contribution is 0.645. The summed E-state index contributed by atoms with van der Waals surface area (Å²) < 4.78 is 0. The second-order valence-corrected chi connectivity index (χ2v) is 5.03. The fourth-order valence-corrected chi connectivity index (χ4v) is 2.04. The van der Waals surface area contributed by atoms with E-state index in [9.17, 15) is 0 Å². The van der Waals surface area contributed by atoms with Crippen molar-refractivity contribution in [3.8, 4) is 0 Å². The van der Waals surface area contributed by atoms with Crippen LogP contribution in [0.1, 0.15) is 77.0 Å². The van der Waals surface area contributed by atoms with Crippen LogP contribution in [-0.2, 0) is 0 Å². The SMILES string of the molecule is C=CCCCCCC/C=C\CCCCCCC=C. The lowest BCUT2D eigenvalue weighted by Gasteiger charge is -1.98. The van der Waals surface area contributed by atoms with Gasteiger partial charge >= 0.3 is 0 Å². The smallest absolute Gasteiger partial charge is 0.0351 e. The van der Waals surface area contributed by atoms with Gasteiger partial charge in [0.2, 0.25) is 0 Å². The summed E-state index contributed by atoms with van der Waals surface area (Å²) >= 11 is 0. The van der Waals surface area contributed by atoms with Crippen LogP contribution in [0.15, 0.2) is 37.5 Å². The van der Waals surface area contributed by atoms with E-state index >= 15 is 0 Å². The van der Waals surface area contributed by atoms with Gasteiger partial charge in [0.15, 0.2) is 0 Å². The maximum atomic E-state index is 3.74. The fraction of sp³-hybridized carbons (Fsp3) is 0.667. The molecule has 0 aliphatic rings. The first kappa shape index (κ1) is 17.2. The van der Waals surface area contributed by atoms with Crippen molar-refractivity contribution in [2.24, 2.45) is 0 Å². The summed E-state index contributed by atoms with van der Waals surface area (Å²) in [5.74, 6) is 0. The lowest BCUT2D eigenvalue weighted by atomic mass is 10.1. The van der Waals surface area contributed by atoms with Gasteiger partial charge in [-0.25, -0.2) is 0 Å². The Labute approximate surface area is 115 Å². The summed E-state index contributed by atoms with van der Waals surface area (Å²) in [6.07, 6.45) is 24.5. The number of allylic oxidation sites excluding steroid dienone is 4. The third kappa shape index (κ3) is 15.2. The van der Waals surface area contributed by atoms with E-state index in [1.54, 1.807) is 0 Å². The average Bonchev–Trinajstić information content (AvgIpc) is 2.39. The van der Waals surface area contributed by atoms with Crippen molar-refractivity contribution in [3.05, 3.63) is 37.5 Å². The third-order valence-corrected chi connectivity index (χ3v) is 3.22. The molecule has 0 heteroatoms. The zero-order valence-electron chi connectivity index (χ0n) is 12.2. The van der Waals surface area contributed by atoms with Crippen molar-refractivity contribution in [2.45, 2.75) is 77.0 Å². The average molecular weight is 248 g/mol. The molecule has 0 saturated carbocycles. The zero-order valence-corrected chi connectivity index (χ0v) is 12.2. The van der Waals surface area contributed by atoms with Crippen LogP contribution in [-0.4, -0.2) is 0 Å². The van der Waals surface area contributed by atoms with Crippen LogP contribution in [0.4, 0.5) is 0 Å². The molecule has 0 bridgehead atoms. The highest BCUT2D eigenvalue weighted by Gasteiger charge is 1.88. The molecule has 0 unspecified atom stereocenters. The summed E-state index contributed by atoms with van der Waals surface area (Å²) in [6.45, 7) is 7.49. The quantitative estimate of drug-likeness (QED) is 0.240. The van der Waals surface area contributed by atoms with E-state index in [1.807, 2.05) is 12.2 Å². The van der Waals surface area contributed by atoms with Crippen molar-refractivity contribution in [1.29, 1.82) is 0 Å².